The molecule has 136 valence electrons. The van der Waals surface area contributed by atoms with Crippen LogP contribution >= 0.6 is 0 Å². The van der Waals surface area contributed by atoms with E-state index in [1.54, 1.807) is 36.4 Å². The molecule has 7 nitrogen and oxygen atoms in total. The van der Waals surface area contributed by atoms with E-state index in [1.807, 2.05) is 41.2 Å². The van der Waals surface area contributed by atoms with Gasteiger partial charge in [-0.3, -0.25) is 4.79 Å². The first-order valence-corrected chi connectivity index (χ1v) is 8.12. The molecule has 0 saturated heterocycles. The van der Waals surface area contributed by atoms with Crippen LogP contribution in [0, 0.1) is 0 Å². The second-order valence-corrected chi connectivity index (χ2v) is 5.51. The number of hydrogen-bond donors (Lipinski definition) is 1. The van der Waals surface area contributed by atoms with Gasteiger partial charge in [0.15, 0.2) is 0 Å². The Balaban J connectivity index is 1.73. The molecule has 0 atom stereocenters. The molecule has 0 aliphatic rings. The Labute approximate surface area is 155 Å². The molecule has 3 rings (SSSR count). The van der Waals surface area contributed by atoms with E-state index in [2.05, 4.69) is 10.5 Å². The van der Waals surface area contributed by atoms with Crippen LogP contribution in [0.3, 0.4) is 0 Å². The second-order valence-electron chi connectivity index (χ2n) is 5.51. The molecule has 7 heteroatoms. The summed E-state index contributed by atoms with van der Waals surface area (Å²) in [5.41, 5.74) is 4.20. The van der Waals surface area contributed by atoms with Crippen molar-refractivity contribution >= 4 is 18.1 Å². The molecule has 0 radical (unpaired) electrons. The zero-order chi connectivity index (χ0) is 19.1. The van der Waals surface area contributed by atoms with Gasteiger partial charge in [-0.25, -0.2) is 5.43 Å². The molecule has 3 aromatic rings. The highest BCUT2D eigenvalue weighted by molar-refractivity contribution is 5.98. The van der Waals surface area contributed by atoms with Crippen molar-refractivity contribution in [1.29, 1.82) is 0 Å². The van der Waals surface area contributed by atoms with Gasteiger partial charge in [0.05, 0.1) is 23.4 Å². The smallest absolute Gasteiger partial charge is 0.273 e. The van der Waals surface area contributed by atoms with Gasteiger partial charge in [0.25, 0.3) is 5.91 Å². The second kappa shape index (κ2) is 8.48. The van der Waals surface area contributed by atoms with Gasteiger partial charge in [-0.15, -0.1) is 0 Å². The summed E-state index contributed by atoms with van der Waals surface area (Å²) in [7, 11) is 0. The molecule has 0 saturated carbocycles. The van der Waals surface area contributed by atoms with Crippen molar-refractivity contribution in [3.8, 4) is 11.4 Å². The van der Waals surface area contributed by atoms with Crippen molar-refractivity contribution in [2.24, 2.45) is 5.10 Å². The summed E-state index contributed by atoms with van der Waals surface area (Å²) in [6.07, 6.45) is 5.08. The molecule has 1 N–H and O–H groups in total. The Kier molecular flexibility index (Phi) is 5.64. The van der Waals surface area contributed by atoms with Gasteiger partial charge in [0, 0.05) is 18.0 Å². The zero-order valence-corrected chi connectivity index (χ0v) is 14.2. The van der Waals surface area contributed by atoms with Gasteiger partial charge >= 0.3 is 0 Å². The molecule has 0 spiro atoms. The molecule has 1 heterocycles. The summed E-state index contributed by atoms with van der Waals surface area (Å²) >= 11 is 0. The Bertz CT molecular complexity index is 965. The fourth-order valence-electron chi connectivity index (χ4n) is 2.46. The molecule has 0 fully saturated rings. The average Bonchev–Trinajstić information content (AvgIpc) is 3.21. The number of nitrogens with zero attached hydrogens (tertiary/aromatic N) is 2. The van der Waals surface area contributed by atoms with Crippen molar-refractivity contribution in [3.63, 3.8) is 0 Å². The topological polar surface area (TPSA) is 95.8 Å². The maximum Gasteiger partial charge on any atom is 0.273 e. The third-order valence-corrected chi connectivity index (χ3v) is 3.67. The van der Waals surface area contributed by atoms with E-state index in [-0.39, 0.29) is 5.91 Å². The van der Waals surface area contributed by atoms with E-state index in [1.165, 1.54) is 6.21 Å². The first-order chi connectivity index (χ1) is 13.1. The minimum absolute atomic E-state index is 0.326. The number of aromatic nitrogens is 1. The van der Waals surface area contributed by atoms with E-state index in [0.29, 0.717) is 16.9 Å². The first kappa shape index (κ1) is 17.9. The molecule has 0 aliphatic carbocycles. The number of aliphatic carboxylic acids is 1. The SMILES string of the molecule is O=C([O-])COc1ccccc1/C=N\NC(=O)c1ccccc1-n1cccc1. The fraction of sp³-hybridized carbons (Fsp3) is 0.0500. The maximum absolute atomic E-state index is 12.5. The Morgan fingerprint density at radius 2 is 1.74 bits per heavy atom. The Morgan fingerprint density at radius 1 is 1.04 bits per heavy atom. The number of carbonyl (C=O) groups is 2. The number of amides is 1. The molecule has 0 aliphatic heterocycles. The summed E-state index contributed by atoms with van der Waals surface area (Å²) in [6, 6.07) is 17.6. The third-order valence-electron chi connectivity index (χ3n) is 3.67. The summed E-state index contributed by atoms with van der Waals surface area (Å²) in [5.74, 6) is -1.37. The highest BCUT2D eigenvalue weighted by Gasteiger charge is 2.11. The lowest BCUT2D eigenvalue weighted by Crippen LogP contribution is -2.29. The van der Waals surface area contributed by atoms with Crippen LogP contribution < -0.4 is 15.3 Å². The average molecular weight is 362 g/mol. The molecular weight excluding hydrogens is 346 g/mol. The van der Waals surface area contributed by atoms with Crippen LogP contribution in [0.5, 0.6) is 5.75 Å². The standard InChI is InChI=1S/C20H17N3O4/c24-19(25)14-27-18-10-4-1-7-15(18)13-21-22-20(26)16-8-2-3-9-17(16)23-11-5-6-12-23/h1-13H,14H2,(H,22,26)(H,24,25)/p-1/b21-13-. The van der Waals surface area contributed by atoms with Gasteiger partial charge < -0.3 is 19.2 Å². The number of carboxylic acid groups (broad SMARTS) is 1. The van der Waals surface area contributed by atoms with E-state index >= 15 is 0 Å². The summed E-state index contributed by atoms with van der Waals surface area (Å²) in [6.45, 7) is -0.568. The number of hydrazone groups is 1. The normalized spacial score (nSPS) is 10.7. The van der Waals surface area contributed by atoms with Crippen LogP contribution in [0.1, 0.15) is 15.9 Å². The van der Waals surface area contributed by atoms with Gasteiger partial charge in [0.1, 0.15) is 12.4 Å². The number of hydrogen-bond acceptors (Lipinski definition) is 5. The summed E-state index contributed by atoms with van der Waals surface area (Å²) < 4.78 is 6.97. The third kappa shape index (κ3) is 4.60. The fourth-order valence-corrected chi connectivity index (χ4v) is 2.46. The first-order valence-electron chi connectivity index (χ1n) is 8.12. The van der Waals surface area contributed by atoms with E-state index < -0.39 is 12.6 Å². The lowest BCUT2D eigenvalue weighted by molar-refractivity contribution is -0.307. The summed E-state index contributed by atoms with van der Waals surface area (Å²) in [5, 5.41) is 14.5. The van der Waals surface area contributed by atoms with E-state index in [4.69, 9.17) is 4.74 Å². The van der Waals surface area contributed by atoms with Crippen molar-refractivity contribution < 1.29 is 19.4 Å². The van der Waals surface area contributed by atoms with Crippen LogP contribution in [0.4, 0.5) is 0 Å². The summed E-state index contributed by atoms with van der Waals surface area (Å²) in [4.78, 5) is 23.0. The highest BCUT2D eigenvalue weighted by atomic mass is 16.5. The molecule has 27 heavy (non-hydrogen) atoms. The van der Waals surface area contributed by atoms with E-state index in [9.17, 15) is 14.7 Å². The minimum atomic E-state index is -1.32. The molecule has 1 aromatic heterocycles. The van der Waals surface area contributed by atoms with Crippen LogP contribution in [0.2, 0.25) is 0 Å². The van der Waals surface area contributed by atoms with Gasteiger partial charge in [-0.05, 0) is 36.4 Å². The minimum Gasteiger partial charge on any atom is -0.546 e. The maximum atomic E-state index is 12.5. The van der Waals surface area contributed by atoms with Gasteiger partial charge in [0.2, 0.25) is 0 Å². The largest absolute Gasteiger partial charge is 0.546 e. The van der Waals surface area contributed by atoms with Crippen LogP contribution in [-0.2, 0) is 4.79 Å². The number of para-hydroxylation sites is 2. The predicted octanol–water partition coefficient (Wildman–Crippen LogP) is 1.37. The number of rotatable bonds is 7. The number of ether oxygens (including phenoxy) is 1. The monoisotopic (exact) mass is 362 g/mol. The highest BCUT2D eigenvalue weighted by Crippen LogP contribution is 2.16. The predicted molar refractivity (Wildman–Crippen MR) is 97.8 cm³/mol. The van der Waals surface area contributed by atoms with Crippen molar-refractivity contribution in [2.75, 3.05) is 6.61 Å². The van der Waals surface area contributed by atoms with Crippen molar-refractivity contribution in [3.05, 3.63) is 84.2 Å². The van der Waals surface area contributed by atoms with Gasteiger partial charge in [-0.2, -0.15) is 5.10 Å². The van der Waals surface area contributed by atoms with Crippen LogP contribution in [0.15, 0.2) is 78.2 Å². The van der Waals surface area contributed by atoms with Crippen molar-refractivity contribution in [1.82, 2.24) is 9.99 Å². The van der Waals surface area contributed by atoms with Crippen LogP contribution in [-0.4, -0.2) is 29.3 Å². The molecular formula is C20H16N3O4-. The number of carboxylic acids is 1. The molecule has 2 aromatic carbocycles. The molecule has 1 amide bonds. The Hall–Kier alpha value is -3.87. The molecule has 0 bridgehead atoms. The molecule has 0 unspecified atom stereocenters. The quantitative estimate of drug-likeness (QED) is 0.507. The lowest BCUT2D eigenvalue weighted by atomic mass is 10.1. The number of nitrogens with one attached hydrogen (secondary N) is 1. The van der Waals surface area contributed by atoms with Crippen LogP contribution in [0.25, 0.3) is 5.69 Å². The lowest BCUT2D eigenvalue weighted by Gasteiger charge is -2.10. The Morgan fingerprint density at radius 3 is 2.52 bits per heavy atom. The zero-order valence-electron chi connectivity index (χ0n) is 14.2. The van der Waals surface area contributed by atoms with E-state index in [0.717, 1.165) is 5.69 Å². The number of carbonyl (C=O) groups excluding carboxylic acids is 2. The van der Waals surface area contributed by atoms with Crippen molar-refractivity contribution in [2.45, 2.75) is 0 Å². The van der Waals surface area contributed by atoms with Gasteiger partial charge in [-0.1, -0.05) is 24.3 Å². The number of benzene rings is 2.